The molecule has 0 fully saturated rings. The van der Waals surface area contributed by atoms with Gasteiger partial charge in [-0.15, -0.1) is 0 Å². The van der Waals surface area contributed by atoms with Crippen LogP contribution < -0.4 is 14.3 Å². The monoisotopic (exact) mass is 442 g/mol. The lowest BCUT2D eigenvalue weighted by atomic mass is 10.2. The summed E-state index contributed by atoms with van der Waals surface area (Å²) in [6.45, 7) is 1.52. The average molecular weight is 442 g/mol. The van der Waals surface area contributed by atoms with Gasteiger partial charge in [0.25, 0.3) is 5.69 Å². The number of nitro groups is 1. The van der Waals surface area contributed by atoms with Crippen LogP contribution in [0, 0.1) is 17.0 Å². The van der Waals surface area contributed by atoms with Gasteiger partial charge in [-0.2, -0.15) is 13.5 Å². The van der Waals surface area contributed by atoms with Gasteiger partial charge in [0, 0.05) is 17.8 Å². The highest BCUT2D eigenvalue weighted by Crippen LogP contribution is 2.31. The molecule has 0 aliphatic carbocycles. The topological polar surface area (TPSA) is 133 Å². The molecular formula is C20H18N4O6S. The molecule has 0 bridgehead atoms. The van der Waals surface area contributed by atoms with Gasteiger partial charge in [0.2, 0.25) is 0 Å². The quantitative estimate of drug-likeness (QED) is 0.242. The van der Waals surface area contributed by atoms with Crippen molar-refractivity contribution in [1.82, 2.24) is 4.98 Å². The number of nitrogens with one attached hydrogen (secondary N) is 1. The number of anilines is 1. The first-order valence-corrected chi connectivity index (χ1v) is 10.3. The van der Waals surface area contributed by atoms with Gasteiger partial charge < -0.3 is 8.92 Å². The van der Waals surface area contributed by atoms with Crippen LogP contribution in [0.5, 0.6) is 11.5 Å². The number of rotatable bonds is 8. The Hall–Kier alpha value is -3.99. The minimum absolute atomic E-state index is 0.0689. The second kappa shape index (κ2) is 9.22. The molecule has 160 valence electrons. The Bertz CT molecular complexity index is 1230. The number of hydrogen-bond donors (Lipinski definition) is 1. The van der Waals surface area contributed by atoms with Crippen molar-refractivity contribution in [3.63, 3.8) is 0 Å². The number of aromatic nitrogens is 1. The highest BCUT2D eigenvalue weighted by Gasteiger charge is 2.23. The molecular weight excluding hydrogens is 424 g/mol. The van der Waals surface area contributed by atoms with Gasteiger partial charge in [-0.25, -0.2) is 4.98 Å². The molecule has 0 aliphatic rings. The van der Waals surface area contributed by atoms with E-state index in [0.717, 1.165) is 6.07 Å². The Kier molecular flexibility index (Phi) is 6.46. The fourth-order valence-electron chi connectivity index (χ4n) is 2.54. The van der Waals surface area contributed by atoms with Crippen molar-refractivity contribution < 1.29 is 22.3 Å². The Morgan fingerprint density at radius 1 is 1.13 bits per heavy atom. The van der Waals surface area contributed by atoms with Crippen LogP contribution >= 0.6 is 0 Å². The molecule has 0 amide bonds. The molecule has 2 aromatic carbocycles. The van der Waals surface area contributed by atoms with E-state index < -0.39 is 15.0 Å². The standard InChI is InChI=1S/C20H18N4O6S/c1-14-6-8-16(12-17(14)24(25)26)31(27,28)30-18-9-7-15(11-19(18)29-2)13-22-23-20-5-3-4-10-21-20/h3-13H,1-2H3,(H,21,23). The van der Waals surface area contributed by atoms with E-state index in [0.29, 0.717) is 16.9 Å². The fourth-order valence-corrected chi connectivity index (χ4v) is 3.50. The molecule has 10 nitrogen and oxygen atoms in total. The van der Waals surface area contributed by atoms with Crippen LogP contribution in [-0.2, 0) is 10.1 Å². The first-order valence-electron chi connectivity index (χ1n) is 8.88. The minimum Gasteiger partial charge on any atom is -0.493 e. The molecule has 0 saturated heterocycles. The summed E-state index contributed by atoms with van der Waals surface area (Å²) in [6, 6.07) is 13.4. The Morgan fingerprint density at radius 2 is 1.94 bits per heavy atom. The van der Waals surface area contributed by atoms with Gasteiger partial charge in [0.1, 0.15) is 10.7 Å². The molecule has 1 aromatic heterocycles. The maximum absolute atomic E-state index is 12.6. The number of methoxy groups -OCH3 is 1. The molecule has 0 aliphatic heterocycles. The number of nitrogens with zero attached hydrogens (tertiary/aromatic N) is 3. The first-order chi connectivity index (χ1) is 14.8. The maximum Gasteiger partial charge on any atom is 0.339 e. The van der Waals surface area contributed by atoms with Crippen LogP contribution in [0.3, 0.4) is 0 Å². The molecule has 0 radical (unpaired) electrons. The predicted molar refractivity (Wildman–Crippen MR) is 114 cm³/mol. The second-order valence-electron chi connectivity index (χ2n) is 6.24. The van der Waals surface area contributed by atoms with Crippen LogP contribution in [0.15, 0.2) is 70.8 Å². The third-order valence-electron chi connectivity index (χ3n) is 4.11. The summed E-state index contributed by atoms with van der Waals surface area (Å²) in [5.41, 5.74) is 3.39. The summed E-state index contributed by atoms with van der Waals surface area (Å²) >= 11 is 0. The van der Waals surface area contributed by atoms with Gasteiger partial charge in [0.15, 0.2) is 11.5 Å². The molecule has 3 rings (SSSR count). The highest BCUT2D eigenvalue weighted by molar-refractivity contribution is 7.87. The Labute approximate surface area is 178 Å². The molecule has 11 heteroatoms. The third-order valence-corrected chi connectivity index (χ3v) is 5.34. The van der Waals surface area contributed by atoms with Crippen molar-refractivity contribution >= 4 is 27.8 Å². The molecule has 0 atom stereocenters. The normalized spacial score (nSPS) is 11.3. The summed E-state index contributed by atoms with van der Waals surface area (Å²) < 4.78 is 35.6. The average Bonchev–Trinajstić information content (AvgIpc) is 2.75. The third kappa shape index (κ3) is 5.34. The van der Waals surface area contributed by atoms with E-state index in [-0.39, 0.29) is 22.1 Å². The number of aryl methyl sites for hydroxylation is 1. The van der Waals surface area contributed by atoms with Crippen molar-refractivity contribution in [3.05, 3.63) is 82.0 Å². The fraction of sp³-hybridized carbons (Fsp3) is 0.100. The zero-order chi connectivity index (χ0) is 22.4. The van der Waals surface area contributed by atoms with E-state index in [1.165, 1.54) is 44.5 Å². The summed E-state index contributed by atoms with van der Waals surface area (Å²) in [5.74, 6) is 0.636. The molecule has 0 spiro atoms. The number of pyridine rings is 1. The lowest BCUT2D eigenvalue weighted by Crippen LogP contribution is -2.11. The van der Waals surface area contributed by atoms with Gasteiger partial charge in [-0.1, -0.05) is 12.1 Å². The molecule has 3 aromatic rings. The molecule has 31 heavy (non-hydrogen) atoms. The molecule has 1 N–H and O–H groups in total. The second-order valence-corrected chi connectivity index (χ2v) is 7.78. The number of hydrazone groups is 1. The molecule has 1 heterocycles. The van der Waals surface area contributed by atoms with Crippen LogP contribution in [0.1, 0.15) is 11.1 Å². The predicted octanol–water partition coefficient (Wildman–Crippen LogP) is 3.52. The van der Waals surface area contributed by atoms with Gasteiger partial charge in [0.05, 0.1) is 18.2 Å². The summed E-state index contributed by atoms with van der Waals surface area (Å²) in [4.78, 5) is 14.2. The Balaban J connectivity index is 1.81. The number of benzene rings is 2. The molecule has 0 saturated carbocycles. The smallest absolute Gasteiger partial charge is 0.339 e. The Morgan fingerprint density at radius 3 is 2.61 bits per heavy atom. The SMILES string of the molecule is COc1cc(C=NNc2ccccn2)ccc1OS(=O)(=O)c1ccc(C)c([N+](=O)[O-])c1. The van der Waals surface area contributed by atoms with Crippen molar-refractivity contribution in [2.45, 2.75) is 11.8 Å². The van der Waals surface area contributed by atoms with E-state index >= 15 is 0 Å². The highest BCUT2D eigenvalue weighted by atomic mass is 32.2. The van der Waals surface area contributed by atoms with E-state index in [9.17, 15) is 18.5 Å². The zero-order valence-corrected chi connectivity index (χ0v) is 17.4. The van der Waals surface area contributed by atoms with Crippen molar-refractivity contribution in [3.8, 4) is 11.5 Å². The van der Waals surface area contributed by atoms with Crippen LogP contribution in [0.2, 0.25) is 0 Å². The van der Waals surface area contributed by atoms with E-state index in [4.69, 9.17) is 8.92 Å². The minimum atomic E-state index is -4.32. The number of ether oxygens (including phenoxy) is 1. The summed E-state index contributed by atoms with van der Waals surface area (Å²) in [7, 11) is -2.96. The zero-order valence-electron chi connectivity index (χ0n) is 16.6. The number of nitro benzene ring substituents is 1. The van der Waals surface area contributed by atoms with Gasteiger partial charge in [-0.3, -0.25) is 15.5 Å². The van der Waals surface area contributed by atoms with Crippen molar-refractivity contribution in [2.75, 3.05) is 12.5 Å². The lowest BCUT2D eigenvalue weighted by molar-refractivity contribution is -0.385. The molecule has 0 unspecified atom stereocenters. The summed E-state index contributed by atoms with van der Waals surface area (Å²) in [5, 5.41) is 15.2. The first kappa shape index (κ1) is 21.7. The van der Waals surface area contributed by atoms with Crippen LogP contribution in [0.4, 0.5) is 11.5 Å². The maximum atomic E-state index is 12.6. The van der Waals surface area contributed by atoms with Gasteiger partial charge >= 0.3 is 10.1 Å². The number of hydrogen-bond acceptors (Lipinski definition) is 9. The van der Waals surface area contributed by atoms with Gasteiger partial charge in [-0.05, 0) is 48.9 Å². The van der Waals surface area contributed by atoms with Crippen LogP contribution in [0.25, 0.3) is 0 Å². The van der Waals surface area contributed by atoms with E-state index in [2.05, 4.69) is 15.5 Å². The van der Waals surface area contributed by atoms with E-state index in [1.54, 1.807) is 24.4 Å². The lowest BCUT2D eigenvalue weighted by Gasteiger charge is -2.11. The van der Waals surface area contributed by atoms with Crippen molar-refractivity contribution in [1.29, 1.82) is 0 Å². The largest absolute Gasteiger partial charge is 0.493 e. The van der Waals surface area contributed by atoms with Crippen LogP contribution in [-0.4, -0.2) is 31.6 Å². The van der Waals surface area contributed by atoms with Crippen molar-refractivity contribution in [2.24, 2.45) is 5.10 Å². The van der Waals surface area contributed by atoms with E-state index in [1.807, 2.05) is 6.07 Å². The summed E-state index contributed by atoms with van der Waals surface area (Å²) in [6.07, 6.45) is 3.12.